The van der Waals surface area contributed by atoms with Crippen LogP contribution < -0.4 is 0 Å². The molecule has 0 bridgehead atoms. The average molecular weight is 548 g/mol. The summed E-state index contributed by atoms with van der Waals surface area (Å²) in [7, 11) is 0. The van der Waals surface area contributed by atoms with Crippen LogP contribution in [0, 0.1) is 0 Å². The molecule has 0 saturated heterocycles. The van der Waals surface area contributed by atoms with E-state index in [0.717, 1.165) is 42.8 Å². The van der Waals surface area contributed by atoms with Crippen molar-refractivity contribution < 1.29 is 9.59 Å². The number of hydrogen-bond donors (Lipinski definition) is 0. The normalized spacial score (nSPS) is 13.0. The number of allylic oxidation sites excluding steroid dienone is 1. The third-order valence-corrected chi connectivity index (χ3v) is 8.64. The van der Waals surface area contributed by atoms with Crippen LogP contribution in [-0.2, 0) is 6.54 Å². The number of thiazole rings is 1. The van der Waals surface area contributed by atoms with Gasteiger partial charge in [0.1, 0.15) is 10.8 Å². The molecule has 5 nitrogen and oxygen atoms in total. The summed E-state index contributed by atoms with van der Waals surface area (Å²) in [6, 6.07) is 36.1. The van der Waals surface area contributed by atoms with E-state index in [-0.39, 0.29) is 17.1 Å². The summed E-state index contributed by atoms with van der Waals surface area (Å²) < 4.78 is 2.01. The summed E-state index contributed by atoms with van der Waals surface area (Å²) >= 11 is 1.50. The van der Waals surface area contributed by atoms with Gasteiger partial charge in [0.05, 0.1) is 12.1 Å². The van der Waals surface area contributed by atoms with Crippen LogP contribution in [0.1, 0.15) is 32.1 Å². The smallest absolute Gasteiger partial charge is 0.197 e. The number of rotatable bonds is 4. The quantitative estimate of drug-likeness (QED) is 0.166. The molecule has 7 aromatic rings. The molecule has 2 heterocycles. The second-order valence-electron chi connectivity index (χ2n) is 10.2. The number of carbonyl (C=O) groups excluding carboxylic acids is 2. The Morgan fingerprint density at radius 1 is 0.659 bits per heavy atom. The lowest BCUT2D eigenvalue weighted by Crippen LogP contribution is -2.06. The fourth-order valence-corrected chi connectivity index (χ4v) is 6.54. The third kappa shape index (κ3) is 3.91. The summed E-state index contributed by atoms with van der Waals surface area (Å²) in [5, 5.41) is 5.06. The van der Waals surface area contributed by atoms with E-state index >= 15 is 0 Å². The maximum Gasteiger partial charge on any atom is 0.197 e. The molecule has 0 unspecified atom stereocenters. The molecule has 5 aromatic carbocycles. The Morgan fingerprint density at radius 3 is 1.95 bits per heavy atom. The molecule has 2 aromatic heterocycles. The van der Waals surface area contributed by atoms with Crippen molar-refractivity contribution in [1.82, 2.24) is 14.5 Å². The van der Waals surface area contributed by atoms with Crippen molar-refractivity contribution in [3.8, 4) is 10.6 Å². The van der Waals surface area contributed by atoms with Crippen molar-refractivity contribution in [2.24, 2.45) is 0 Å². The maximum absolute atomic E-state index is 13.5. The molecule has 0 spiro atoms. The Bertz CT molecular complexity index is 2170. The molecule has 6 heteroatoms. The minimum absolute atomic E-state index is 0.135. The predicted molar refractivity (Wildman–Crippen MR) is 164 cm³/mol. The number of ketones is 2. The van der Waals surface area contributed by atoms with Gasteiger partial charge in [-0.15, -0.1) is 0 Å². The lowest BCUT2D eigenvalue weighted by Gasteiger charge is -2.08. The van der Waals surface area contributed by atoms with E-state index in [4.69, 9.17) is 9.97 Å². The SMILES string of the molecule is O=C1C(=Cc2nc3sc(-c4ccccc4)nc3n2Cc2ccc3ccccc3c2)C(=O)c2cc3ccccc3cc21. The van der Waals surface area contributed by atoms with E-state index in [1.807, 2.05) is 83.4 Å². The van der Waals surface area contributed by atoms with E-state index in [1.165, 1.54) is 16.7 Å². The predicted octanol–water partition coefficient (Wildman–Crippen LogP) is 7.98. The zero-order chi connectivity index (χ0) is 27.5. The van der Waals surface area contributed by atoms with Gasteiger partial charge in [0.25, 0.3) is 0 Å². The molecule has 41 heavy (non-hydrogen) atoms. The van der Waals surface area contributed by atoms with Crippen LogP contribution in [0.5, 0.6) is 0 Å². The maximum atomic E-state index is 13.5. The lowest BCUT2D eigenvalue weighted by atomic mass is 10.0. The summed E-state index contributed by atoms with van der Waals surface area (Å²) in [6.07, 6.45) is 1.65. The van der Waals surface area contributed by atoms with Gasteiger partial charge in [-0.25, -0.2) is 9.97 Å². The van der Waals surface area contributed by atoms with Crippen LogP contribution in [0.4, 0.5) is 0 Å². The van der Waals surface area contributed by atoms with E-state index < -0.39 is 0 Å². The van der Waals surface area contributed by atoms with E-state index in [9.17, 15) is 9.59 Å². The van der Waals surface area contributed by atoms with Crippen molar-refractivity contribution in [3.63, 3.8) is 0 Å². The van der Waals surface area contributed by atoms with Crippen molar-refractivity contribution >= 4 is 61.0 Å². The van der Waals surface area contributed by atoms with Crippen molar-refractivity contribution in [1.29, 1.82) is 0 Å². The van der Waals surface area contributed by atoms with Gasteiger partial charge in [0, 0.05) is 16.7 Å². The highest BCUT2D eigenvalue weighted by Gasteiger charge is 2.34. The highest BCUT2D eigenvalue weighted by molar-refractivity contribution is 7.21. The minimum Gasteiger partial charge on any atom is -0.304 e. The van der Waals surface area contributed by atoms with Gasteiger partial charge in [0.2, 0.25) is 0 Å². The molecular formula is C35H21N3O2S. The van der Waals surface area contributed by atoms with Crippen LogP contribution in [0.3, 0.4) is 0 Å². The summed E-state index contributed by atoms with van der Waals surface area (Å²) in [5.74, 6) is 0.00942. The second-order valence-corrected chi connectivity index (χ2v) is 11.2. The van der Waals surface area contributed by atoms with Gasteiger partial charge < -0.3 is 4.57 Å². The van der Waals surface area contributed by atoms with Crippen LogP contribution in [0.2, 0.25) is 0 Å². The molecule has 8 rings (SSSR count). The highest BCUT2D eigenvalue weighted by Crippen LogP contribution is 2.34. The van der Waals surface area contributed by atoms with Crippen LogP contribution in [-0.4, -0.2) is 26.1 Å². The number of imidazole rings is 1. The zero-order valence-electron chi connectivity index (χ0n) is 21.7. The molecular weight excluding hydrogens is 526 g/mol. The van der Waals surface area contributed by atoms with Crippen molar-refractivity contribution in [3.05, 3.63) is 137 Å². The first-order chi connectivity index (χ1) is 20.1. The Morgan fingerprint density at radius 2 is 1.27 bits per heavy atom. The number of fused-ring (bicyclic) bond motifs is 4. The summed E-state index contributed by atoms with van der Waals surface area (Å²) in [5.41, 5.74) is 3.86. The van der Waals surface area contributed by atoms with Crippen LogP contribution in [0.15, 0.2) is 115 Å². The molecule has 0 N–H and O–H groups in total. The molecule has 0 saturated carbocycles. The van der Waals surface area contributed by atoms with Crippen molar-refractivity contribution in [2.45, 2.75) is 6.54 Å². The third-order valence-electron chi connectivity index (χ3n) is 7.65. The Balaban J connectivity index is 1.27. The number of aromatic nitrogens is 3. The van der Waals surface area contributed by atoms with Crippen molar-refractivity contribution in [2.75, 3.05) is 0 Å². The molecule has 0 atom stereocenters. The minimum atomic E-state index is -0.266. The van der Waals surface area contributed by atoms with Crippen LogP contribution in [0.25, 0.3) is 48.7 Å². The molecule has 194 valence electrons. The van der Waals surface area contributed by atoms with E-state index in [0.29, 0.717) is 23.5 Å². The molecule has 1 aliphatic carbocycles. The molecule has 0 amide bonds. The average Bonchev–Trinajstić information content (AvgIpc) is 3.64. The topological polar surface area (TPSA) is 64.8 Å². The van der Waals surface area contributed by atoms with Gasteiger partial charge in [-0.3, -0.25) is 9.59 Å². The van der Waals surface area contributed by atoms with E-state index in [2.05, 4.69) is 30.3 Å². The standard InChI is InChI=1S/C35H21N3O2S/c39-31-27-17-25-12-6-7-13-26(25)18-28(27)32(40)29(31)19-30-36-35-33(37-34(41-35)23-9-2-1-3-10-23)38(30)20-21-14-15-22-8-4-5-11-24(22)16-21/h1-19H,20H2. The second kappa shape index (κ2) is 9.18. The lowest BCUT2D eigenvalue weighted by molar-refractivity contribution is 0.0990. The fraction of sp³-hybridized carbons (Fsp3) is 0.0286. The summed E-state index contributed by atoms with van der Waals surface area (Å²) in [4.78, 5) is 37.7. The first kappa shape index (κ1) is 23.7. The van der Waals surface area contributed by atoms with Gasteiger partial charge in [-0.1, -0.05) is 102 Å². The Labute approximate surface area is 239 Å². The van der Waals surface area contributed by atoms with Crippen LogP contribution >= 0.6 is 11.3 Å². The first-order valence-electron chi connectivity index (χ1n) is 13.4. The number of nitrogens with zero attached hydrogens (tertiary/aromatic N) is 3. The Hall–Kier alpha value is -5.20. The Kier molecular flexibility index (Phi) is 5.30. The molecule has 1 aliphatic rings. The van der Waals surface area contributed by atoms with Gasteiger partial charge in [-0.05, 0) is 51.4 Å². The first-order valence-corrected chi connectivity index (χ1v) is 14.2. The largest absolute Gasteiger partial charge is 0.304 e. The van der Waals surface area contributed by atoms with E-state index in [1.54, 1.807) is 6.08 Å². The van der Waals surface area contributed by atoms with Gasteiger partial charge >= 0.3 is 0 Å². The number of benzene rings is 5. The monoisotopic (exact) mass is 547 g/mol. The molecule has 0 aliphatic heterocycles. The summed E-state index contributed by atoms with van der Waals surface area (Å²) in [6.45, 7) is 0.498. The molecule has 0 radical (unpaired) electrons. The molecule has 0 fully saturated rings. The van der Waals surface area contributed by atoms with Gasteiger partial charge in [-0.2, -0.15) is 0 Å². The number of Topliss-reactive ketones (excluding diaryl/α,β-unsaturated/α-hetero) is 2. The number of carbonyl (C=O) groups is 2. The fourth-order valence-electron chi connectivity index (χ4n) is 5.59. The zero-order valence-corrected chi connectivity index (χ0v) is 22.6. The van der Waals surface area contributed by atoms with Gasteiger partial charge in [0.15, 0.2) is 22.0 Å². The highest BCUT2D eigenvalue weighted by atomic mass is 32.1. The number of hydrogen-bond acceptors (Lipinski definition) is 5.